The van der Waals surface area contributed by atoms with Crippen molar-refractivity contribution in [1.29, 1.82) is 5.26 Å². The van der Waals surface area contributed by atoms with Gasteiger partial charge < -0.3 is 18.9 Å². The molecular formula is C21H22ClN3O6. The number of nitro benzene ring substituents is 1. The average molecular weight is 448 g/mol. The van der Waals surface area contributed by atoms with Crippen molar-refractivity contribution >= 4 is 17.3 Å². The minimum Gasteiger partial charge on any atom is -0.497 e. The van der Waals surface area contributed by atoms with E-state index in [1.165, 1.54) is 6.07 Å². The van der Waals surface area contributed by atoms with Crippen molar-refractivity contribution in [3.8, 4) is 23.3 Å². The molecule has 0 aromatic heterocycles. The van der Waals surface area contributed by atoms with Crippen LogP contribution in [0.15, 0.2) is 30.3 Å². The first-order valence-electron chi connectivity index (χ1n) is 9.50. The van der Waals surface area contributed by atoms with Crippen LogP contribution in [-0.4, -0.2) is 56.5 Å². The Morgan fingerprint density at radius 1 is 1.29 bits per heavy atom. The van der Waals surface area contributed by atoms with E-state index in [-0.39, 0.29) is 28.6 Å². The van der Waals surface area contributed by atoms with Gasteiger partial charge in [-0.3, -0.25) is 15.0 Å². The van der Waals surface area contributed by atoms with Crippen LogP contribution in [0.5, 0.6) is 17.2 Å². The Bertz CT molecular complexity index is 994. The molecular weight excluding hydrogens is 426 g/mol. The van der Waals surface area contributed by atoms with Gasteiger partial charge in [-0.25, -0.2) is 0 Å². The fraction of sp³-hybridized carbons (Fsp3) is 0.381. The standard InChI is InChI=1S/C21H22ClN3O6/c1-28-16-4-3-15(19(9-16)29-2)11-24-5-6-30-13-17(12-24)31-20-8-14(10-23)7-18(21(20)22)25(26)27/h3-4,7-9,17H,5-6,11-13H2,1-2H3. The maximum absolute atomic E-state index is 11.3. The van der Waals surface area contributed by atoms with Gasteiger partial charge in [0, 0.05) is 37.3 Å². The highest BCUT2D eigenvalue weighted by atomic mass is 35.5. The summed E-state index contributed by atoms with van der Waals surface area (Å²) in [6, 6.07) is 10.1. The second kappa shape index (κ2) is 10.3. The zero-order chi connectivity index (χ0) is 22.4. The van der Waals surface area contributed by atoms with Crippen molar-refractivity contribution in [3.63, 3.8) is 0 Å². The van der Waals surface area contributed by atoms with Gasteiger partial charge in [0.1, 0.15) is 23.4 Å². The molecule has 1 atom stereocenters. The summed E-state index contributed by atoms with van der Waals surface area (Å²) < 4.78 is 22.3. The van der Waals surface area contributed by atoms with Crippen molar-refractivity contribution in [1.82, 2.24) is 4.90 Å². The van der Waals surface area contributed by atoms with Crippen molar-refractivity contribution in [2.45, 2.75) is 12.6 Å². The normalized spacial score (nSPS) is 16.8. The largest absolute Gasteiger partial charge is 0.497 e. The Morgan fingerprint density at radius 3 is 2.77 bits per heavy atom. The smallest absolute Gasteiger partial charge is 0.293 e. The third-order valence-corrected chi connectivity index (χ3v) is 5.22. The van der Waals surface area contributed by atoms with Crippen LogP contribution in [-0.2, 0) is 11.3 Å². The van der Waals surface area contributed by atoms with E-state index in [1.54, 1.807) is 14.2 Å². The fourth-order valence-corrected chi connectivity index (χ4v) is 3.55. The number of hydrogen-bond acceptors (Lipinski definition) is 8. The van der Waals surface area contributed by atoms with E-state index < -0.39 is 11.0 Å². The topological polar surface area (TPSA) is 107 Å². The number of benzene rings is 2. The van der Waals surface area contributed by atoms with Gasteiger partial charge in [-0.05, 0) is 12.1 Å². The maximum Gasteiger partial charge on any atom is 0.293 e. The van der Waals surface area contributed by atoms with E-state index in [9.17, 15) is 15.4 Å². The summed E-state index contributed by atoms with van der Waals surface area (Å²) in [5, 5.41) is 20.3. The van der Waals surface area contributed by atoms with Gasteiger partial charge in [0.05, 0.1) is 44.0 Å². The Morgan fingerprint density at radius 2 is 2.10 bits per heavy atom. The predicted molar refractivity (Wildman–Crippen MR) is 113 cm³/mol. The van der Waals surface area contributed by atoms with Crippen molar-refractivity contribution < 1.29 is 23.9 Å². The SMILES string of the molecule is COc1ccc(CN2CCOCC(Oc3cc(C#N)cc([N+](=O)[O-])c3Cl)C2)c(OC)c1. The molecule has 9 nitrogen and oxygen atoms in total. The maximum atomic E-state index is 11.3. The molecule has 2 aromatic rings. The number of rotatable bonds is 7. The van der Waals surface area contributed by atoms with Crippen molar-refractivity contribution in [2.75, 3.05) is 40.5 Å². The highest BCUT2D eigenvalue weighted by Crippen LogP contribution is 2.36. The van der Waals surface area contributed by atoms with Gasteiger partial charge in [0.15, 0.2) is 5.02 Å². The minimum absolute atomic E-state index is 0.0879. The lowest BCUT2D eigenvalue weighted by atomic mass is 10.1. The molecule has 0 N–H and O–H groups in total. The molecule has 1 fully saturated rings. The number of nitriles is 1. The molecule has 1 aliphatic rings. The summed E-state index contributed by atoms with van der Waals surface area (Å²) in [4.78, 5) is 12.8. The van der Waals surface area contributed by atoms with Crippen LogP contribution in [0.4, 0.5) is 5.69 Å². The lowest BCUT2D eigenvalue weighted by Gasteiger charge is -2.25. The summed E-state index contributed by atoms with van der Waals surface area (Å²) in [6.45, 7) is 2.54. The molecule has 1 aliphatic heterocycles. The predicted octanol–water partition coefficient (Wildman–Crippen LogP) is 3.42. The van der Waals surface area contributed by atoms with Crippen LogP contribution in [0.25, 0.3) is 0 Å². The van der Waals surface area contributed by atoms with E-state index in [0.717, 1.165) is 11.6 Å². The summed E-state index contributed by atoms with van der Waals surface area (Å²) in [6.07, 6.45) is -0.433. The zero-order valence-corrected chi connectivity index (χ0v) is 17.9. The Balaban J connectivity index is 1.78. The Kier molecular flexibility index (Phi) is 7.52. The van der Waals surface area contributed by atoms with E-state index in [2.05, 4.69) is 4.90 Å². The molecule has 0 amide bonds. The third-order valence-electron chi connectivity index (χ3n) is 4.85. The molecule has 164 valence electrons. The van der Waals surface area contributed by atoms with Gasteiger partial charge in [0.25, 0.3) is 5.69 Å². The van der Waals surface area contributed by atoms with Crippen LogP contribution >= 0.6 is 11.6 Å². The molecule has 0 aliphatic carbocycles. The van der Waals surface area contributed by atoms with Crippen LogP contribution < -0.4 is 14.2 Å². The number of halogens is 1. The molecule has 1 saturated heterocycles. The zero-order valence-electron chi connectivity index (χ0n) is 17.2. The van der Waals surface area contributed by atoms with Crippen LogP contribution in [0.3, 0.4) is 0 Å². The van der Waals surface area contributed by atoms with Crippen molar-refractivity contribution in [2.24, 2.45) is 0 Å². The van der Waals surface area contributed by atoms with Crippen LogP contribution in [0.2, 0.25) is 5.02 Å². The molecule has 0 spiro atoms. The number of ether oxygens (including phenoxy) is 4. The molecule has 0 radical (unpaired) electrons. The van der Waals surface area contributed by atoms with Gasteiger partial charge in [-0.1, -0.05) is 17.7 Å². The molecule has 0 saturated carbocycles. The van der Waals surface area contributed by atoms with Gasteiger partial charge >= 0.3 is 0 Å². The summed E-state index contributed by atoms with van der Waals surface area (Å²) >= 11 is 6.17. The molecule has 1 unspecified atom stereocenters. The highest BCUT2D eigenvalue weighted by Gasteiger charge is 2.25. The van der Waals surface area contributed by atoms with Gasteiger partial charge in [-0.2, -0.15) is 5.26 Å². The highest BCUT2D eigenvalue weighted by molar-refractivity contribution is 6.34. The van der Waals surface area contributed by atoms with Crippen molar-refractivity contribution in [3.05, 3.63) is 56.6 Å². The lowest BCUT2D eigenvalue weighted by molar-refractivity contribution is -0.384. The minimum atomic E-state index is -0.637. The lowest BCUT2D eigenvalue weighted by Crippen LogP contribution is -2.35. The van der Waals surface area contributed by atoms with Crippen LogP contribution in [0.1, 0.15) is 11.1 Å². The van der Waals surface area contributed by atoms with E-state index in [1.807, 2.05) is 24.3 Å². The molecule has 0 bridgehead atoms. The number of hydrogen-bond donors (Lipinski definition) is 0. The average Bonchev–Trinajstić information content (AvgIpc) is 2.99. The molecule has 1 heterocycles. The monoisotopic (exact) mass is 447 g/mol. The number of nitro groups is 1. The summed E-state index contributed by atoms with van der Waals surface area (Å²) in [7, 11) is 3.20. The first kappa shape index (κ1) is 22.6. The molecule has 2 aromatic carbocycles. The molecule has 3 rings (SSSR count). The second-order valence-corrected chi connectivity index (χ2v) is 7.28. The number of nitrogens with zero attached hydrogens (tertiary/aromatic N) is 3. The number of methoxy groups -OCH3 is 2. The first-order chi connectivity index (χ1) is 14.9. The Labute approximate surface area is 184 Å². The summed E-state index contributed by atoms with van der Waals surface area (Å²) in [5.74, 6) is 1.50. The first-order valence-corrected chi connectivity index (χ1v) is 9.88. The molecule has 10 heteroatoms. The Hall–Kier alpha value is -3.06. The van der Waals surface area contributed by atoms with E-state index in [4.69, 9.17) is 30.5 Å². The molecule has 31 heavy (non-hydrogen) atoms. The fourth-order valence-electron chi connectivity index (χ4n) is 3.32. The van der Waals surface area contributed by atoms with Gasteiger partial charge in [-0.15, -0.1) is 0 Å². The quantitative estimate of drug-likeness (QED) is 0.469. The second-order valence-electron chi connectivity index (χ2n) is 6.90. The summed E-state index contributed by atoms with van der Waals surface area (Å²) in [5.41, 5.74) is 0.703. The third kappa shape index (κ3) is 5.55. The van der Waals surface area contributed by atoms with Gasteiger partial charge in [0.2, 0.25) is 0 Å². The van der Waals surface area contributed by atoms with Crippen LogP contribution in [0, 0.1) is 21.4 Å². The van der Waals surface area contributed by atoms with E-state index >= 15 is 0 Å². The van der Waals surface area contributed by atoms with E-state index in [0.29, 0.717) is 37.7 Å².